The number of benzene rings is 1. The van der Waals surface area contributed by atoms with Crippen LogP contribution in [0.2, 0.25) is 0 Å². The second kappa shape index (κ2) is 6.02. The Morgan fingerprint density at radius 1 is 1.32 bits per heavy atom. The minimum Gasteiger partial charge on any atom is -0.360 e. The number of anilines is 1. The monoisotopic (exact) mass is 321 g/mol. The number of fused-ring (bicyclic) bond motifs is 1. The Labute approximate surface area is 120 Å². The standard InChI is InChI=1S/C14H16BrN3O/c1-9(2)18-13(19)8-17-14-11-4-3-5-12(15)10(11)6-7-16-14/h3-7,9H,8H2,1-2H3,(H,16,17)(H,18,19). The summed E-state index contributed by atoms with van der Waals surface area (Å²) in [7, 11) is 0. The summed E-state index contributed by atoms with van der Waals surface area (Å²) in [5.41, 5.74) is 0. The third-order valence-corrected chi connectivity index (χ3v) is 3.31. The van der Waals surface area contributed by atoms with Crippen LogP contribution in [0.5, 0.6) is 0 Å². The van der Waals surface area contributed by atoms with Gasteiger partial charge < -0.3 is 10.6 Å². The minimum atomic E-state index is -0.0381. The van der Waals surface area contributed by atoms with Gasteiger partial charge in [0.2, 0.25) is 5.91 Å². The molecule has 0 fully saturated rings. The molecule has 0 bridgehead atoms. The quantitative estimate of drug-likeness (QED) is 0.910. The van der Waals surface area contributed by atoms with Gasteiger partial charge in [-0.05, 0) is 26.0 Å². The van der Waals surface area contributed by atoms with Crippen molar-refractivity contribution in [1.82, 2.24) is 10.3 Å². The van der Waals surface area contributed by atoms with E-state index >= 15 is 0 Å². The summed E-state index contributed by atoms with van der Waals surface area (Å²) in [6, 6.07) is 8.00. The fourth-order valence-corrected chi connectivity index (χ4v) is 2.35. The minimum absolute atomic E-state index is 0.0381. The first-order valence-corrected chi connectivity index (χ1v) is 6.93. The van der Waals surface area contributed by atoms with Crippen LogP contribution >= 0.6 is 15.9 Å². The highest BCUT2D eigenvalue weighted by molar-refractivity contribution is 9.10. The van der Waals surface area contributed by atoms with Crippen LogP contribution in [0.3, 0.4) is 0 Å². The first kappa shape index (κ1) is 13.8. The van der Waals surface area contributed by atoms with Crippen LogP contribution in [-0.2, 0) is 4.79 Å². The van der Waals surface area contributed by atoms with Crippen LogP contribution in [0.4, 0.5) is 5.82 Å². The molecule has 0 spiro atoms. The third-order valence-electron chi connectivity index (χ3n) is 2.62. The van der Waals surface area contributed by atoms with Gasteiger partial charge in [0.15, 0.2) is 0 Å². The van der Waals surface area contributed by atoms with E-state index in [1.165, 1.54) is 0 Å². The molecule has 0 radical (unpaired) electrons. The number of pyridine rings is 1. The van der Waals surface area contributed by atoms with E-state index in [1.54, 1.807) is 6.20 Å². The molecule has 5 heteroatoms. The van der Waals surface area contributed by atoms with Crippen molar-refractivity contribution in [2.24, 2.45) is 0 Å². The summed E-state index contributed by atoms with van der Waals surface area (Å²) in [6.07, 6.45) is 1.73. The van der Waals surface area contributed by atoms with Crippen molar-refractivity contribution in [2.45, 2.75) is 19.9 Å². The lowest BCUT2D eigenvalue weighted by Crippen LogP contribution is -2.34. The van der Waals surface area contributed by atoms with E-state index in [1.807, 2.05) is 38.1 Å². The Hall–Kier alpha value is -1.62. The second-order valence-electron chi connectivity index (χ2n) is 4.57. The SMILES string of the molecule is CC(C)NC(=O)CNc1nccc2c(Br)cccc12. The van der Waals surface area contributed by atoms with Gasteiger partial charge in [-0.3, -0.25) is 4.79 Å². The zero-order chi connectivity index (χ0) is 13.8. The van der Waals surface area contributed by atoms with Gasteiger partial charge in [-0.15, -0.1) is 0 Å². The van der Waals surface area contributed by atoms with Crippen molar-refractivity contribution < 1.29 is 4.79 Å². The van der Waals surface area contributed by atoms with E-state index in [4.69, 9.17) is 0 Å². The molecule has 0 aliphatic carbocycles. The van der Waals surface area contributed by atoms with Crippen molar-refractivity contribution >= 4 is 38.4 Å². The molecule has 0 atom stereocenters. The summed E-state index contributed by atoms with van der Waals surface area (Å²) in [4.78, 5) is 15.9. The van der Waals surface area contributed by atoms with E-state index in [0.717, 1.165) is 21.1 Å². The molecular weight excluding hydrogens is 306 g/mol. The van der Waals surface area contributed by atoms with E-state index < -0.39 is 0 Å². The molecule has 0 saturated carbocycles. The Kier molecular flexibility index (Phi) is 4.37. The number of aromatic nitrogens is 1. The van der Waals surface area contributed by atoms with Crippen molar-refractivity contribution in [3.8, 4) is 0 Å². The molecule has 0 aliphatic rings. The maximum Gasteiger partial charge on any atom is 0.239 e. The fourth-order valence-electron chi connectivity index (χ4n) is 1.85. The average molecular weight is 322 g/mol. The lowest BCUT2D eigenvalue weighted by atomic mass is 10.1. The van der Waals surface area contributed by atoms with Gasteiger partial charge in [0.25, 0.3) is 0 Å². The number of nitrogens with zero attached hydrogens (tertiary/aromatic N) is 1. The number of carbonyl (C=O) groups is 1. The average Bonchev–Trinajstić information content (AvgIpc) is 2.36. The number of carbonyl (C=O) groups excluding carboxylic acids is 1. The van der Waals surface area contributed by atoms with E-state index in [2.05, 4.69) is 31.5 Å². The molecule has 19 heavy (non-hydrogen) atoms. The number of nitrogens with one attached hydrogen (secondary N) is 2. The van der Waals surface area contributed by atoms with Crippen LogP contribution in [-0.4, -0.2) is 23.5 Å². The largest absolute Gasteiger partial charge is 0.360 e. The van der Waals surface area contributed by atoms with Crippen molar-refractivity contribution in [3.05, 3.63) is 34.9 Å². The molecule has 2 aromatic rings. The molecule has 1 amide bonds. The fraction of sp³-hybridized carbons (Fsp3) is 0.286. The Morgan fingerprint density at radius 2 is 2.11 bits per heavy atom. The Morgan fingerprint density at radius 3 is 2.84 bits per heavy atom. The summed E-state index contributed by atoms with van der Waals surface area (Å²) in [6.45, 7) is 4.09. The summed E-state index contributed by atoms with van der Waals surface area (Å²) in [5, 5.41) is 7.98. The highest BCUT2D eigenvalue weighted by Crippen LogP contribution is 2.27. The van der Waals surface area contributed by atoms with Crippen molar-refractivity contribution in [2.75, 3.05) is 11.9 Å². The van der Waals surface area contributed by atoms with Gasteiger partial charge in [0.1, 0.15) is 5.82 Å². The zero-order valence-corrected chi connectivity index (χ0v) is 12.5. The van der Waals surface area contributed by atoms with Crippen LogP contribution in [0.1, 0.15) is 13.8 Å². The van der Waals surface area contributed by atoms with Gasteiger partial charge in [-0.1, -0.05) is 28.1 Å². The summed E-state index contributed by atoms with van der Waals surface area (Å²) >= 11 is 3.51. The van der Waals surface area contributed by atoms with Crippen LogP contribution in [0.15, 0.2) is 34.9 Å². The molecule has 4 nitrogen and oxygen atoms in total. The van der Waals surface area contributed by atoms with Gasteiger partial charge >= 0.3 is 0 Å². The normalized spacial score (nSPS) is 10.7. The number of rotatable bonds is 4. The molecule has 1 aromatic carbocycles. The van der Waals surface area contributed by atoms with Gasteiger partial charge in [0.05, 0.1) is 6.54 Å². The summed E-state index contributed by atoms with van der Waals surface area (Å²) in [5.74, 6) is 0.682. The molecule has 0 unspecified atom stereocenters. The molecule has 0 saturated heterocycles. The molecule has 2 N–H and O–H groups in total. The van der Waals surface area contributed by atoms with Gasteiger partial charge in [0, 0.05) is 27.5 Å². The van der Waals surface area contributed by atoms with Crippen LogP contribution in [0, 0.1) is 0 Å². The van der Waals surface area contributed by atoms with E-state index in [9.17, 15) is 4.79 Å². The number of hydrogen-bond donors (Lipinski definition) is 2. The predicted molar refractivity (Wildman–Crippen MR) is 81.2 cm³/mol. The van der Waals surface area contributed by atoms with Crippen LogP contribution in [0.25, 0.3) is 10.8 Å². The van der Waals surface area contributed by atoms with Crippen molar-refractivity contribution in [3.63, 3.8) is 0 Å². The third kappa shape index (κ3) is 3.44. The maximum absolute atomic E-state index is 11.6. The second-order valence-corrected chi connectivity index (χ2v) is 5.42. The molecule has 1 heterocycles. The first-order valence-electron chi connectivity index (χ1n) is 6.14. The Balaban J connectivity index is 2.17. The predicted octanol–water partition coefficient (Wildman–Crippen LogP) is 2.93. The smallest absolute Gasteiger partial charge is 0.239 e. The maximum atomic E-state index is 11.6. The number of hydrogen-bond acceptors (Lipinski definition) is 3. The molecule has 0 aliphatic heterocycles. The molecule has 1 aromatic heterocycles. The lowest BCUT2D eigenvalue weighted by molar-refractivity contribution is -0.119. The van der Waals surface area contributed by atoms with Gasteiger partial charge in [-0.25, -0.2) is 4.98 Å². The molecular formula is C14H16BrN3O. The topological polar surface area (TPSA) is 54.0 Å². The highest BCUT2D eigenvalue weighted by Gasteiger charge is 2.07. The van der Waals surface area contributed by atoms with Crippen LogP contribution < -0.4 is 10.6 Å². The Bertz CT molecular complexity index is 598. The van der Waals surface area contributed by atoms with E-state index in [0.29, 0.717) is 0 Å². The lowest BCUT2D eigenvalue weighted by Gasteiger charge is -2.11. The number of amides is 1. The summed E-state index contributed by atoms with van der Waals surface area (Å²) < 4.78 is 1.02. The number of halogens is 1. The molecule has 100 valence electrons. The van der Waals surface area contributed by atoms with Gasteiger partial charge in [-0.2, -0.15) is 0 Å². The van der Waals surface area contributed by atoms with E-state index in [-0.39, 0.29) is 18.5 Å². The highest BCUT2D eigenvalue weighted by atomic mass is 79.9. The zero-order valence-electron chi connectivity index (χ0n) is 10.9. The molecule has 2 rings (SSSR count). The first-order chi connectivity index (χ1) is 9.08. The van der Waals surface area contributed by atoms with Crippen molar-refractivity contribution in [1.29, 1.82) is 0 Å².